The van der Waals surface area contributed by atoms with Crippen molar-refractivity contribution >= 4 is 0 Å². The molecule has 0 aromatic heterocycles. The molecule has 66 valence electrons. The van der Waals surface area contributed by atoms with Crippen LogP contribution in [0.5, 0.6) is 0 Å². The minimum atomic E-state index is -0.453. The summed E-state index contributed by atoms with van der Waals surface area (Å²) in [5.74, 6) is 0. The third-order valence-electron chi connectivity index (χ3n) is 2.22. The monoisotopic (exact) mass is 156 g/mol. The summed E-state index contributed by atoms with van der Waals surface area (Å²) in [7, 11) is 0. The van der Waals surface area contributed by atoms with E-state index in [0.717, 1.165) is 25.7 Å². The van der Waals surface area contributed by atoms with Crippen molar-refractivity contribution in [3.63, 3.8) is 0 Å². The van der Waals surface area contributed by atoms with Gasteiger partial charge in [-0.15, -0.1) is 0 Å². The van der Waals surface area contributed by atoms with Gasteiger partial charge in [0.2, 0.25) is 0 Å². The van der Waals surface area contributed by atoms with Gasteiger partial charge in [-0.3, -0.25) is 0 Å². The first-order valence-corrected chi connectivity index (χ1v) is 4.56. The minimum absolute atomic E-state index is 0.453. The van der Waals surface area contributed by atoms with E-state index in [1.807, 2.05) is 13.8 Å². The standard InChI is InChI=1S/C10H20O/c1-4-7-8-9-10(11,5-2)6-3/h7-8,11H,4-6,9H2,1-3H3. The predicted octanol–water partition coefficient (Wildman–Crippen LogP) is 2.89. The molecule has 0 aliphatic carbocycles. The highest BCUT2D eigenvalue weighted by atomic mass is 16.3. The maximum atomic E-state index is 9.80. The molecule has 0 atom stereocenters. The molecule has 0 saturated carbocycles. The minimum Gasteiger partial charge on any atom is -0.390 e. The van der Waals surface area contributed by atoms with Gasteiger partial charge < -0.3 is 5.11 Å². The van der Waals surface area contributed by atoms with Crippen LogP contribution in [0.3, 0.4) is 0 Å². The smallest absolute Gasteiger partial charge is 0.0676 e. The van der Waals surface area contributed by atoms with Gasteiger partial charge in [-0.2, -0.15) is 0 Å². The third-order valence-corrected chi connectivity index (χ3v) is 2.22. The van der Waals surface area contributed by atoms with Gasteiger partial charge in [0, 0.05) is 0 Å². The topological polar surface area (TPSA) is 20.2 Å². The Morgan fingerprint density at radius 2 is 1.64 bits per heavy atom. The Morgan fingerprint density at radius 3 is 2.00 bits per heavy atom. The van der Waals surface area contributed by atoms with Crippen LogP contribution in [0.4, 0.5) is 0 Å². The lowest BCUT2D eigenvalue weighted by molar-refractivity contribution is 0.0353. The Morgan fingerprint density at radius 1 is 1.09 bits per heavy atom. The molecule has 0 aromatic carbocycles. The van der Waals surface area contributed by atoms with Gasteiger partial charge >= 0.3 is 0 Å². The normalized spacial score (nSPS) is 12.7. The lowest BCUT2D eigenvalue weighted by Gasteiger charge is -2.23. The van der Waals surface area contributed by atoms with Gasteiger partial charge in [0.25, 0.3) is 0 Å². The molecule has 0 amide bonds. The second kappa shape index (κ2) is 5.36. The second-order valence-corrected chi connectivity index (χ2v) is 3.02. The second-order valence-electron chi connectivity index (χ2n) is 3.02. The highest BCUT2D eigenvalue weighted by Gasteiger charge is 2.19. The van der Waals surface area contributed by atoms with E-state index in [1.165, 1.54) is 0 Å². The lowest BCUT2D eigenvalue weighted by Crippen LogP contribution is -2.25. The Balaban J connectivity index is 3.77. The van der Waals surface area contributed by atoms with Gasteiger partial charge in [0.1, 0.15) is 0 Å². The number of rotatable bonds is 5. The van der Waals surface area contributed by atoms with Crippen molar-refractivity contribution < 1.29 is 5.11 Å². The van der Waals surface area contributed by atoms with Crippen molar-refractivity contribution in [2.45, 2.75) is 52.1 Å². The average molecular weight is 156 g/mol. The average Bonchev–Trinajstić information content (AvgIpc) is 2.05. The van der Waals surface area contributed by atoms with E-state index in [0.29, 0.717) is 0 Å². The summed E-state index contributed by atoms with van der Waals surface area (Å²) >= 11 is 0. The molecule has 0 spiro atoms. The van der Waals surface area contributed by atoms with Crippen molar-refractivity contribution in [3.05, 3.63) is 12.2 Å². The van der Waals surface area contributed by atoms with Crippen LogP contribution < -0.4 is 0 Å². The first kappa shape index (κ1) is 10.7. The molecule has 0 radical (unpaired) electrons. The number of allylic oxidation sites excluding steroid dienone is 1. The van der Waals surface area contributed by atoms with Crippen LogP contribution in [-0.2, 0) is 0 Å². The summed E-state index contributed by atoms with van der Waals surface area (Å²) in [6.45, 7) is 6.17. The maximum Gasteiger partial charge on any atom is 0.0676 e. The summed E-state index contributed by atoms with van der Waals surface area (Å²) in [4.78, 5) is 0. The van der Waals surface area contributed by atoms with E-state index in [2.05, 4.69) is 19.1 Å². The van der Waals surface area contributed by atoms with Crippen LogP contribution in [0, 0.1) is 0 Å². The predicted molar refractivity (Wildman–Crippen MR) is 49.6 cm³/mol. The van der Waals surface area contributed by atoms with Crippen molar-refractivity contribution in [2.75, 3.05) is 0 Å². The highest BCUT2D eigenvalue weighted by molar-refractivity contribution is 4.89. The molecule has 0 saturated heterocycles. The Hall–Kier alpha value is -0.300. The summed E-state index contributed by atoms with van der Waals surface area (Å²) in [6, 6.07) is 0. The summed E-state index contributed by atoms with van der Waals surface area (Å²) in [5.41, 5.74) is -0.453. The molecule has 1 N–H and O–H groups in total. The third kappa shape index (κ3) is 4.20. The van der Waals surface area contributed by atoms with Crippen molar-refractivity contribution in [3.8, 4) is 0 Å². The molecule has 1 nitrogen and oxygen atoms in total. The largest absolute Gasteiger partial charge is 0.390 e. The van der Waals surface area contributed by atoms with E-state index < -0.39 is 5.60 Å². The fraction of sp³-hybridized carbons (Fsp3) is 0.800. The van der Waals surface area contributed by atoms with Crippen molar-refractivity contribution in [1.82, 2.24) is 0 Å². The van der Waals surface area contributed by atoms with Crippen LogP contribution >= 0.6 is 0 Å². The van der Waals surface area contributed by atoms with Gasteiger partial charge in [0.15, 0.2) is 0 Å². The van der Waals surface area contributed by atoms with E-state index >= 15 is 0 Å². The van der Waals surface area contributed by atoms with E-state index in [4.69, 9.17) is 0 Å². The van der Waals surface area contributed by atoms with Crippen LogP contribution in [0.2, 0.25) is 0 Å². The van der Waals surface area contributed by atoms with Crippen LogP contribution in [0.1, 0.15) is 46.5 Å². The number of hydrogen-bond donors (Lipinski definition) is 1. The van der Waals surface area contributed by atoms with Crippen LogP contribution in [0.25, 0.3) is 0 Å². The zero-order valence-electron chi connectivity index (χ0n) is 7.93. The molecule has 0 bridgehead atoms. The molecule has 0 unspecified atom stereocenters. The molecule has 11 heavy (non-hydrogen) atoms. The fourth-order valence-corrected chi connectivity index (χ4v) is 1.01. The van der Waals surface area contributed by atoms with Crippen molar-refractivity contribution in [2.24, 2.45) is 0 Å². The van der Waals surface area contributed by atoms with Crippen LogP contribution in [-0.4, -0.2) is 10.7 Å². The number of aliphatic hydroxyl groups is 1. The zero-order chi connectivity index (χ0) is 8.74. The summed E-state index contributed by atoms with van der Waals surface area (Å²) < 4.78 is 0. The summed E-state index contributed by atoms with van der Waals surface area (Å²) in [5, 5.41) is 9.80. The van der Waals surface area contributed by atoms with E-state index in [1.54, 1.807) is 0 Å². The first-order valence-electron chi connectivity index (χ1n) is 4.56. The molecular formula is C10H20O. The first-order chi connectivity index (χ1) is 5.18. The molecule has 0 fully saturated rings. The van der Waals surface area contributed by atoms with Crippen molar-refractivity contribution in [1.29, 1.82) is 0 Å². The van der Waals surface area contributed by atoms with E-state index in [-0.39, 0.29) is 0 Å². The van der Waals surface area contributed by atoms with Gasteiger partial charge in [-0.1, -0.05) is 32.9 Å². The SMILES string of the molecule is CCC=CCC(O)(CC)CC. The highest BCUT2D eigenvalue weighted by Crippen LogP contribution is 2.19. The molecule has 1 heteroatoms. The van der Waals surface area contributed by atoms with Gasteiger partial charge in [-0.05, 0) is 25.7 Å². The lowest BCUT2D eigenvalue weighted by atomic mass is 9.93. The Labute approximate surface area is 70.1 Å². The maximum absolute atomic E-state index is 9.80. The van der Waals surface area contributed by atoms with Gasteiger partial charge in [0.05, 0.1) is 5.60 Å². The Bertz CT molecular complexity index is 112. The number of hydrogen-bond acceptors (Lipinski definition) is 1. The molecule has 0 aliphatic heterocycles. The molecule has 0 heterocycles. The molecule has 0 aromatic rings. The molecule has 0 aliphatic rings. The molecule has 0 rings (SSSR count). The zero-order valence-corrected chi connectivity index (χ0v) is 7.93. The van der Waals surface area contributed by atoms with Crippen LogP contribution in [0.15, 0.2) is 12.2 Å². The Kier molecular flexibility index (Phi) is 5.22. The van der Waals surface area contributed by atoms with E-state index in [9.17, 15) is 5.11 Å². The fourth-order valence-electron chi connectivity index (χ4n) is 1.01. The molecular weight excluding hydrogens is 136 g/mol. The quantitative estimate of drug-likeness (QED) is 0.607. The summed E-state index contributed by atoms with van der Waals surface area (Å²) in [6.07, 6.45) is 7.73. The van der Waals surface area contributed by atoms with Gasteiger partial charge in [-0.25, -0.2) is 0 Å².